The Morgan fingerprint density at radius 2 is 1.85 bits per heavy atom. The fraction of sp³-hybridized carbons (Fsp3) is 0.588. The first-order chi connectivity index (χ1) is 12.1. The number of carbonyl (C=O) groups excluding carboxylic acids is 1. The van der Waals surface area contributed by atoms with E-state index in [0.717, 1.165) is 4.90 Å². The lowest BCUT2D eigenvalue weighted by atomic mass is 10.2. The minimum absolute atomic E-state index is 0.00268. The molecule has 146 valence electrons. The lowest BCUT2D eigenvalue weighted by Crippen LogP contribution is -3.19. The fourth-order valence-corrected chi connectivity index (χ4v) is 5.08. The second kappa shape index (κ2) is 8.89. The van der Waals surface area contributed by atoms with Gasteiger partial charge >= 0.3 is 0 Å². The number of piperazine rings is 1. The number of amides is 1. The van der Waals surface area contributed by atoms with Gasteiger partial charge < -0.3 is 10.2 Å². The minimum Gasteiger partial charge on any atom is -0.351 e. The van der Waals surface area contributed by atoms with Gasteiger partial charge in [-0.05, 0) is 31.0 Å². The molecule has 1 aromatic rings. The number of sulfonamides is 1. The highest BCUT2D eigenvalue weighted by Gasteiger charge is 2.35. The summed E-state index contributed by atoms with van der Waals surface area (Å²) in [6.07, 6.45) is 0. The molecular weight excluding hydrogens is 397 g/mol. The van der Waals surface area contributed by atoms with Crippen molar-refractivity contribution in [3.8, 4) is 0 Å². The van der Waals surface area contributed by atoms with Gasteiger partial charge in [0.1, 0.15) is 4.90 Å². The molecule has 0 radical (unpaired) electrons. The molecule has 26 heavy (non-hydrogen) atoms. The van der Waals surface area contributed by atoms with Gasteiger partial charge in [-0.2, -0.15) is 4.31 Å². The van der Waals surface area contributed by atoms with Crippen LogP contribution in [0, 0.1) is 5.92 Å². The summed E-state index contributed by atoms with van der Waals surface area (Å²) in [7, 11) is -3.70. The van der Waals surface area contributed by atoms with Crippen LogP contribution in [0.2, 0.25) is 10.0 Å². The van der Waals surface area contributed by atoms with Crippen LogP contribution in [-0.2, 0) is 14.8 Å². The number of quaternary nitrogens is 1. The van der Waals surface area contributed by atoms with E-state index >= 15 is 0 Å². The molecule has 2 N–H and O–H groups in total. The van der Waals surface area contributed by atoms with Crippen LogP contribution in [0.3, 0.4) is 0 Å². The highest BCUT2D eigenvalue weighted by Crippen LogP contribution is 2.27. The number of hydrogen-bond donors (Lipinski definition) is 2. The Morgan fingerprint density at radius 3 is 2.42 bits per heavy atom. The number of halogens is 2. The van der Waals surface area contributed by atoms with Gasteiger partial charge in [-0.15, -0.1) is 0 Å². The smallest absolute Gasteiger partial charge is 0.278 e. The zero-order valence-corrected chi connectivity index (χ0v) is 17.6. The van der Waals surface area contributed by atoms with Crippen LogP contribution in [0.1, 0.15) is 20.8 Å². The van der Waals surface area contributed by atoms with E-state index in [4.69, 9.17) is 23.2 Å². The van der Waals surface area contributed by atoms with E-state index in [0.29, 0.717) is 43.7 Å². The van der Waals surface area contributed by atoms with Crippen LogP contribution >= 0.6 is 23.2 Å². The van der Waals surface area contributed by atoms with Crippen LogP contribution < -0.4 is 10.2 Å². The maximum atomic E-state index is 12.8. The van der Waals surface area contributed by atoms with Crippen molar-refractivity contribution < 1.29 is 18.1 Å². The topological polar surface area (TPSA) is 70.9 Å². The van der Waals surface area contributed by atoms with Crippen molar-refractivity contribution >= 4 is 39.1 Å². The molecule has 0 spiro atoms. The second-order valence-corrected chi connectivity index (χ2v) is 9.75. The Morgan fingerprint density at radius 1 is 1.23 bits per heavy atom. The number of nitrogens with zero attached hydrogens (tertiary/aromatic N) is 1. The average molecular weight is 423 g/mol. The lowest BCUT2D eigenvalue weighted by Gasteiger charge is -2.34. The summed E-state index contributed by atoms with van der Waals surface area (Å²) in [5.74, 6) is 0.397. The fourth-order valence-electron chi connectivity index (χ4n) is 2.90. The van der Waals surface area contributed by atoms with E-state index in [9.17, 15) is 13.2 Å². The largest absolute Gasteiger partial charge is 0.351 e. The highest BCUT2D eigenvalue weighted by molar-refractivity contribution is 7.89. The molecule has 1 amide bonds. The molecule has 1 aliphatic rings. The number of hydrogen-bond acceptors (Lipinski definition) is 3. The number of rotatable bonds is 6. The summed E-state index contributed by atoms with van der Waals surface area (Å²) in [6, 6.07) is 4.20. The summed E-state index contributed by atoms with van der Waals surface area (Å²) >= 11 is 12.0. The molecule has 1 heterocycles. The van der Waals surface area contributed by atoms with Crippen LogP contribution in [0.4, 0.5) is 0 Å². The molecule has 1 saturated heterocycles. The Hall–Kier alpha value is -0.860. The number of benzene rings is 1. The minimum atomic E-state index is -3.70. The Balaban J connectivity index is 2.01. The van der Waals surface area contributed by atoms with Crippen LogP contribution in [0.15, 0.2) is 23.1 Å². The molecule has 1 aromatic carbocycles. The SMILES string of the molecule is CC(C)CNC(=O)[C@@H](C)[NH+]1CCN(S(=O)(=O)c2cc(Cl)ccc2Cl)CC1. The zero-order chi connectivity index (χ0) is 19.5. The molecule has 2 rings (SSSR count). The summed E-state index contributed by atoms with van der Waals surface area (Å²) in [6.45, 7) is 8.41. The first-order valence-electron chi connectivity index (χ1n) is 8.70. The molecule has 0 saturated carbocycles. The second-order valence-electron chi connectivity index (χ2n) is 7.00. The van der Waals surface area contributed by atoms with Gasteiger partial charge in [0.15, 0.2) is 6.04 Å². The van der Waals surface area contributed by atoms with Gasteiger partial charge in [-0.1, -0.05) is 37.0 Å². The summed E-state index contributed by atoms with van der Waals surface area (Å²) in [4.78, 5) is 13.3. The van der Waals surface area contributed by atoms with Gasteiger partial charge in [0, 0.05) is 11.6 Å². The molecule has 6 nitrogen and oxygen atoms in total. The van der Waals surface area contributed by atoms with E-state index in [-0.39, 0.29) is 21.9 Å². The van der Waals surface area contributed by atoms with Crippen molar-refractivity contribution in [3.63, 3.8) is 0 Å². The molecule has 0 aromatic heterocycles. The van der Waals surface area contributed by atoms with E-state index < -0.39 is 10.0 Å². The molecule has 9 heteroatoms. The van der Waals surface area contributed by atoms with E-state index in [1.54, 1.807) is 6.07 Å². The molecule has 1 aliphatic heterocycles. The summed E-state index contributed by atoms with van der Waals surface area (Å²) in [5, 5.41) is 3.42. The van der Waals surface area contributed by atoms with E-state index in [1.165, 1.54) is 16.4 Å². The third-order valence-electron chi connectivity index (χ3n) is 4.57. The zero-order valence-electron chi connectivity index (χ0n) is 15.3. The number of carbonyl (C=O) groups is 1. The summed E-state index contributed by atoms with van der Waals surface area (Å²) < 4.78 is 27.1. The molecule has 0 bridgehead atoms. The molecule has 0 aliphatic carbocycles. The first kappa shape index (κ1) is 21.4. The molecular formula is C17H26Cl2N3O3S+. The Bertz CT molecular complexity index is 748. The van der Waals surface area contributed by atoms with Crippen molar-refractivity contribution in [2.24, 2.45) is 5.92 Å². The molecule has 1 fully saturated rings. The first-order valence-corrected chi connectivity index (χ1v) is 10.9. The monoisotopic (exact) mass is 422 g/mol. The quantitative estimate of drug-likeness (QED) is 0.719. The van der Waals surface area contributed by atoms with E-state index in [1.807, 2.05) is 20.8 Å². The Labute approximate surface area is 165 Å². The Kier molecular flexibility index (Phi) is 7.33. The van der Waals surface area contributed by atoms with Crippen molar-refractivity contribution in [2.75, 3.05) is 32.7 Å². The predicted molar refractivity (Wildman–Crippen MR) is 103 cm³/mol. The predicted octanol–water partition coefficient (Wildman–Crippen LogP) is 1.04. The van der Waals surface area contributed by atoms with Crippen molar-refractivity contribution in [3.05, 3.63) is 28.2 Å². The van der Waals surface area contributed by atoms with Crippen molar-refractivity contribution in [2.45, 2.75) is 31.7 Å². The highest BCUT2D eigenvalue weighted by atomic mass is 35.5. The van der Waals surface area contributed by atoms with E-state index in [2.05, 4.69) is 5.32 Å². The average Bonchev–Trinajstić information content (AvgIpc) is 2.61. The molecule has 0 unspecified atom stereocenters. The third kappa shape index (κ3) is 5.10. The van der Waals surface area contributed by atoms with Crippen LogP contribution in [0.25, 0.3) is 0 Å². The van der Waals surface area contributed by atoms with Crippen molar-refractivity contribution in [1.82, 2.24) is 9.62 Å². The van der Waals surface area contributed by atoms with Gasteiger partial charge in [-0.3, -0.25) is 4.79 Å². The lowest BCUT2D eigenvalue weighted by molar-refractivity contribution is -0.917. The standard InChI is InChI=1S/C17H25Cl2N3O3S/c1-12(2)11-20-17(23)13(3)21-6-8-22(9-7-21)26(24,25)16-10-14(18)4-5-15(16)19/h4-5,10,12-13H,6-9,11H2,1-3H3,(H,20,23)/p+1/t13-/m1/s1. The molecule has 1 atom stereocenters. The maximum absolute atomic E-state index is 12.8. The summed E-state index contributed by atoms with van der Waals surface area (Å²) in [5.41, 5.74) is 0. The van der Waals surface area contributed by atoms with Gasteiger partial charge in [0.05, 0.1) is 31.2 Å². The van der Waals surface area contributed by atoms with Gasteiger partial charge in [0.25, 0.3) is 5.91 Å². The van der Waals surface area contributed by atoms with Gasteiger partial charge in [0.2, 0.25) is 10.0 Å². The van der Waals surface area contributed by atoms with Crippen LogP contribution in [0.5, 0.6) is 0 Å². The maximum Gasteiger partial charge on any atom is 0.278 e. The number of nitrogens with one attached hydrogen (secondary N) is 2. The van der Waals surface area contributed by atoms with Gasteiger partial charge in [-0.25, -0.2) is 8.42 Å². The van der Waals surface area contributed by atoms with Crippen LogP contribution in [-0.4, -0.2) is 57.4 Å². The third-order valence-corrected chi connectivity index (χ3v) is 7.18. The van der Waals surface area contributed by atoms with Crippen molar-refractivity contribution in [1.29, 1.82) is 0 Å². The normalized spacial score (nSPS) is 18.1.